The molecule has 0 spiro atoms. The first-order chi connectivity index (χ1) is 6.15. The molecular weight excluding hydrogens is 186 g/mol. The Morgan fingerprint density at radius 3 is 2.69 bits per heavy atom. The molecule has 3 heteroatoms. The number of aryl methyl sites for hydroxylation is 1. The first kappa shape index (κ1) is 10.1. The minimum Gasteiger partial charge on any atom is -0.399 e. The number of benzene rings is 1. The molecule has 70 valence electrons. The van der Waals surface area contributed by atoms with Crippen molar-refractivity contribution >= 4 is 17.3 Å². The molecule has 1 aromatic rings. The van der Waals surface area contributed by atoms with Gasteiger partial charge in [-0.15, -0.1) is 0 Å². The van der Waals surface area contributed by atoms with Gasteiger partial charge in [-0.05, 0) is 31.5 Å². The van der Waals surface area contributed by atoms with E-state index >= 15 is 0 Å². The molecule has 0 saturated heterocycles. The molecule has 0 bridgehead atoms. The van der Waals surface area contributed by atoms with Gasteiger partial charge in [0.1, 0.15) is 7.11 Å². The third kappa shape index (κ3) is 2.46. The van der Waals surface area contributed by atoms with Crippen LogP contribution >= 0.6 is 11.6 Å². The van der Waals surface area contributed by atoms with Gasteiger partial charge >= 0.3 is 0 Å². The van der Waals surface area contributed by atoms with Gasteiger partial charge in [0.15, 0.2) is 0 Å². The van der Waals surface area contributed by atoms with Gasteiger partial charge in [0.05, 0.1) is 5.71 Å². The summed E-state index contributed by atoms with van der Waals surface area (Å²) in [5, 5.41) is 4.60. The maximum atomic E-state index is 5.83. The lowest BCUT2D eigenvalue weighted by molar-refractivity contribution is 0.213. The van der Waals surface area contributed by atoms with Gasteiger partial charge in [0, 0.05) is 10.6 Å². The van der Waals surface area contributed by atoms with Crippen molar-refractivity contribution in [2.75, 3.05) is 7.11 Å². The number of nitrogens with zero attached hydrogens (tertiary/aromatic N) is 1. The smallest absolute Gasteiger partial charge is 0.106 e. The van der Waals surface area contributed by atoms with Crippen molar-refractivity contribution in [1.82, 2.24) is 0 Å². The molecule has 13 heavy (non-hydrogen) atoms. The highest BCUT2D eigenvalue weighted by molar-refractivity contribution is 6.30. The molecule has 2 nitrogen and oxygen atoms in total. The quantitative estimate of drug-likeness (QED) is 0.528. The number of halogens is 1. The van der Waals surface area contributed by atoms with E-state index in [1.165, 1.54) is 7.11 Å². The van der Waals surface area contributed by atoms with Gasteiger partial charge in [-0.25, -0.2) is 0 Å². The van der Waals surface area contributed by atoms with Gasteiger partial charge < -0.3 is 4.84 Å². The average molecular weight is 198 g/mol. The fourth-order valence-electron chi connectivity index (χ4n) is 1.22. The second kappa shape index (κ2) is 4.28. The first-order valence-corrected chi connectivity index (χ1v) is 4.37. The second-order valence-corrected chi connectivity index (χ2v) is 3.25. The summed E-state index contributed by atoms with van der Waals surface area (Å²) in [6.45, 7) is 3.90. The molecule has 0 fully saturated rings. The Hall–Kier alpha value is -1.02. The van der Waals surface area contributed by atoms with Crippen LogP contribution in [0.5, 0.6) is 0 Å². The van der Waals surface area contributed by atoms with Gasteiger partial charge in [0.25, 0.3) is 0 Å². The molecule has 0 aliphatic heterocycles. The van der Waals surface area contributed by atoms with E-state index in [-0.39, 0.29) is 0 Å². The predicted molar refractivity (Wildman–Crippen MR) is 55.4 cm³/mol. The van der Waals surface area contributed by atoms with Crippen LogP contribution in [-0.4, -0.2) is 12.8 Å². The zero-order chi connectivity index (χ0) is 9.84. The van der Waals surface area contributed by atoms with Gasteiger partial charge in [-0.3, -0.25) is 0 Å². The Bertz CT molecular complexity index is 334. The topological polar surface area (TPSA) is 21.6 Å². The standard InChI is InChI=1S/C10H12ClNO/c1-7-6-9(11)4-5-10(7)8(2)12-13-3/h4-6H,1-3H3/b12-8+. The molecule has 0 atom stereocenters. The largest absolute Gasteiger partial charge is 0.399 e. The second-order valence-electron chi connectivity index (χ2n) is 2.82. The van der Waals surface area contributed by atoms with Crippen molar-refractivity contribution in [3.05, 3.63) is 34.3 Å². The maximum Gasteiger partial charge on any atom is 0.106 e. The van der Waals surface area contributed by atoms with Crippen LogP contribution < -0.4 is 0 Å². The van der Waals surface area contributed by atoms with Crippen molar-refractivity contribution in [2.24, 2.45) is 5.16 Å². The average Bonchev–Trinajstić information content (AvgIpc) is 2.04. The fourth-order valence-corrected chi connectivity index (χ4v) is 1.45. The summed E-state index contributed by atoms with van der Waals surface area (Å²) in [7, 11) is 1.54. The highest BCUT2D eigenvalue weighted by Crippen LogP contribution is 2.15. The van der Waals surface area contributed by atoms with E-state index in [0.717, 1.165) is 21.9 Å². The van der Waals surface area contributed by atoms with Crippen LogP contribution in [0.2, 0.25) is 5.02 Å². The van der Waals surface area contributed by atoms with E-state index in [9.17, 15) is 0 Å². The van der Waals surface area contributed by atoms with E-state index in [1.807, 2.05) is 32.0 Å². The van der Waals surface area contributed by atoms with E-state index < -0.39 is 0 Å². The van der Waals surface area contributed by atoms with Crippen LogP contribution in [0.15, 0.2) is 23.4 Å². The number of hydrogen-bond donors (Lipinski definition) is 0. The Morgan fingerprint density at radius 1 is 1.46 bits per heavy atom. The Balaban J connectivity index is 3.09. The van der Waals surface area contributed by atoms with Gasteiger partial charge in [0.2, 0.25) is 0 Å². The molecule has 0 aliphatic rings. The molecule has 1 aromatic carbocycles. The third-order valence-corrected chi connectivity index (χ3v) is 2.04. The SMILES string of the molecule is CO/N=C(\C)c1ccc(Cl)cc1C. The van der Waals surface area contributed by atoms with E-state index in [4.69, 9.17) is 16.4 Å². The van der Waals surface area contributed by atoms with Crippen LogP contribution in [0.1, 0.15) is 18.1 Å². The van der Waals surface area contributed by atoms with Gasteiger partial charge in [-0.2, -0.15) is 0 Å². The van der Waals surface area contributed by atoms with Gasteiger partial charge in [-0.1, -0.05) is 22.8 Å². The molecule has 0 aromatic heterocycles. The van der Waals surface area contributed by atoms with Crippen molar-refractivity contribution < 1.29 is 4.84 Å². The number of rotatable bonds is 2. The summed E-state index contributed by atoms with van der Waals surface area (Å²) < 4.78 is 0. The number of hydrogen-bond acceptors (Lipinski definition) is 2. The zero-order valence-electron chi connectivity index (χ0n) is 7.97. The Labute approximate surface area is 83.2 Å². The van der Waals surface area contributed by atoms with E-state index in [1.54, 1.807) is 0 Å². The lowest BCUT2D eigenvalue weighted by Crippen LogP contribution is -1.98. The van der Waals surface area contributed by atoms with Crippen molar-refractivity contribution in [1.29, 1.82) is 0 Å². The Kier molecular flexibility index (Phi) is 3.32. The minimum absolute atomic E-state index is 0.742. The summed E-state index contributed by atoms with van der Waals surface area (Å²) in [4.78, 5) is 4.70. The maximum absolute atomic E-state index is 5.83. The molecule has 0 aliphatic carbocycles. The zero-order valence-corrected chi connectivity index (χ0v) is 8.72. The fraction of sp³-hybridized carbons (Fsp3) is 0.300. The van der Waals surface area contributed by atoms with Crippen LogP contribution in [0.3, 0.4) is 0 Å². The monoisotopic (exact) mass is 197 g/mol. The third-order valence-electron chi connectivity index (χ3n) is 1.81. The first-order valence-electron chi connectivity index (χ1n) is 3.99. The molecule has 0 saturated carbocycles. The predicted octanol–water partition coefficient (Wildman–Crippen LogP) is 3.02. The van der Waals surface area contributed by atoms with Crippen molar-refractivity contribution in [3.63, 3.8) is 0 Å². The summed E-state index contributed by atoms with van der Waals surface area (Å²) >= 11 is 5.83. The molecule has 0 amide bonds. The highest BCUT2D eigenvalue weighted by atomic mass is 35.5. The molecule has 1 rings (SSSR count). The molecule has 0 unspecified atom stereocenters. The summed E-state index contributed by atoms with van der Waals surface area (Å²) in [5.41, 5.74) is 3.02. The van der Waals surface area contributed by atoms with Crippen molar-refractivity contribution in [2.45, 2.75) is 13.8 Å². The lowest BCUT2D eigenvalue weighted by atomic mass is 10.1. The summed E-state index contributed by atoms with van der Waals surface area (Å²) in [6, 6.07) is 5.69. The van der Waals surface area contributed by atoms with E-state index in [0.29, 0.717) is 0 Å². The minimum atomic E-state index is 0.742. The normalized spacial score (nSPS) is 11.5. The molecule has 0 heterocycles. The number of oxime groups is 1. The lowest BCUT2D eigenvalue weighted by Gasteiger charge is -2.04. The van der Waals surface area contributed by atoms with E-state index in [2.05, 4.69) is 5.16 Å². The highest BCUT2D eigenvalue weighted by Gasteiger charge is 2.02. The Morgan fingerprint density at radius 2 is 2.15 bits per heavy atom. The van der Waals surface area contributed by atoms with Crippen LogP contribution in [0.25, 0.3) is 0 Å². The van der Waals surface area contributed by atoms with Crippen LogP contribution in [0, 0.1) is 6.92 Å². The molecule has 0 radical (unpaired) electrons. The van der Waals surface area contributed by atoms with Crippen LogP contribution in [0.4, 0.5) is 0 Å². The van der Waals surface area contributed by atoms with Crippen LogP contribution in [-0.2, 0) is 4.84 Å². The summed E-state index contributed by atoms with van der Waals surface area (Å²) in [6.07, 6.45) is 0. The molecular formula is C10H12ClNO. The summed E-state index contributed by atoms with van der Waals surface area (Å²) in [5.74, 6) is 0. The van der Waals surface area contributed by atoms with Crippen molar-refractivity contribution in [3.8, 4) is 0 Å². The molecule has 0 N–H and O–H groups in total.